The van der Waals surface area contributed by atoms with Crippen LogP contribution in [0.15, 0.2) is 115 Å². The number of nitrogens with zero attached hydrogens (tertiary/aromatic N) is 4. The van der Waals surface area contributed by atoms with Gasteiger partial charge in [0.05, 0.1) is 34.3 Å². The third-order valence-electron chi connectivity index (χ3n) is 5.49. The molecule has 0 radical (unpaired) electrons. The van der Waals surface area contributed by atoms with E-state index in [0.717, 1.165) is 61.3 Å². The first-order chi connectivity index (χ1) is 14.7. The Morgan fingerprint density at radius 1 is 0.400 bits per heavy atom. The Bertz CT molecular complexity index is 932. The van der Waals surface area contributed by atoms with Gasteiger partial charge in [0, 0.05) is 12.8 Å². The van der Waals surface area contributed by atoms with E-state index in [1.165, 1.54) is 11.1 Å². The van der Waals surface area contributed by atoms with E-state index in [9.17, 15) is 10.2 Å². The minimum atomic E-state index is 0.404. The lowest BCUT2D eigenvalue weighted by Crippen LogP contribution is -1.99. The fraction of sp³-hybridized carbons (Fsp3) is 0.333. The third kappa shape index (κ3) is 5.41. The lowest BCUT2D eigenvalue weighted by Gasteiger charge is -2.17. The van der Waals surface area contributed by atoms with Crippen LogP contribution in [0.3, 0.4) is 0 Å². The minimum Gasteiger partial charge on any atom is -0.512 e. The molecule has 4 aliphatic carbocycles. The predicted molar refractivity (Wildman–Crippen MR) is 117 cm³/mol. The molecule has 0 saturated carbocycles. The molecule has 0 aromatic carbocycles. The fourth-order valence-electron chi connectivity index (χ4n) is 3.61. The van der Waals surface area contributed by atoms with Gasteiger partial charge in [-0.15, -0.1) is 0 Å². The van der Waals surface area contributed by atoms with Crippen LogP contribution in [-0.2, 0) is 0 Å². The topological polar surface area (TPSA) is 89.9 Å². The molecule has 30 heavy (non-hydrogen) atoms. The summed E-state index contributed by atoms with van der Waals surface area (Å²) in [6.45, 7) is 0. The van der Waals surface area contributed by atoms with Crippen LogP contribution in [0, 0.1) is 0 Å². The number of hydrogen-bond donors (Lipinski definition) is 2. The summed E-state index contributed by atoms with van der Waals surface area (Å²) < 4.78 is 0. The average molecular weight is 402 g/mol. The fourth-order valence-corrected chi connectivity index (χ4v) is 3.61. The zero-order valence-electron chi connectivity index (χ0n) is 17.0. The van der Waals surface area contributed by atoms with Gasteiger partial charge in [0.1, 0.15) is 0 Å². The SMILES string of the molecule is OC1=CC=C(N=NC2=CC=C(C3=CC=C(N=NC4=CC=C(O)CC4)CC3)CC2)CC1. The van der Waals surface area contributed by atoms with Crippen LogP contribution in [0.25, 0.3) is 0 Å². The highest BCUT2D eigenvalue weighted by Crippen LogP contribution is 2.32. The van der Waals surface area contributed by atoms with E-state index in [4.69, 9.17) is 0 Å². The van der Waals surface area contributed by atoms with Gasteiger partial charge in [-0.3, -0.25) is 0 Å². The first kappa shape index (κ1) is 20.0. The van der Waals surface area contributed by atoms with Crippen LogP contribution >= 0.6 is 0 Å². The van der Waals surface area contributed by atoms with Gasteiger partial charge in [-0.2, -0.15) is 20.5 Å². The minimum absolute atomic E-state index is 0.404. The lowest BCUT2D eigenvalue weighted by atomic mass is 9.90. The molecule has 154 valence electrons. The van der Waals surface area contributed by atoms with Crippen molar-refractivity contribution in [1.29, 1.82) is 0 Å². The highest BCUT2D eigenvalue weighted by molar-refractivity contribution is 5.42. The number of allylic oxidation sites excluding steroid dienone is 16. The maximum atomic E-state index is 9.40. The predicted octanol–water partition coefficient (Wildman–Crippen LogP) is 7.34. The van der Waals surface area contributed by atoms with Crippen molar-refractivity contribution < 1.29 is 10.2 Å². The molecule has 4 aliphatic rings. The van der Waals surface area contributed by atoms with Gasteiger partial charge in [-0.05, 0) is 86.1 Å². The molecule has 0 atom stereocenters. The molecule has 6 nitrogen and oxygen atoms in total. The molecule has 2 N–H and O–H groups in total. The van der Waals surface area contributed by atoms with Crippen LogP contribution in [0.1, 0.15) is 51.4 Å². The Morgan fingerprint density at radius 3 is 1.00 bits per heavy atom. The van der Waals surface area contributed by atoms with Crippen molar-refractivity contribution in [3.8, 4) is 0 Å². The van der Waals surface area contributed by atoms with Gasteiger partial charge in [-0.25, -0.2) is 0 Å². The quantitative estimate of drug-likeness (QED) is 0.471. The summed E-state index contributed by atoms with van der Waals surface area (Å²) >= 11 is 0. The Kier molecular flexibility index (Phi) is 6.32. The number of aliphatic hydroxyl groups is 2. The molecule has 0 aromatic heterocycles. The molecule has 0 saturated heterocycles. The van der Waals surface area contributed by atoms with E-state index in [-0.39, 0.29) is 0 Å². The molecule has 0 bridgehead atoms. The standard InChI is InChI=1S/C24H26N4O2/c29-23-13-9-21(10-14-23)27-25-19-5-1-17(2-6-19)18-3-7-20(8-4-18)26-28-22-11-15-24(30)16-12-22/h1,3,5,7,9,11,13,15,29-30H,2,4,6,8,10,12,14,16H2. The summed E-state index contributed by atoms with van der Waals surface area (Å²) in [6.07, 6.45) is 21.9. The summed E-state index contributed by atoms with van der Waals surface area (Å²) in [5.41, 5.74) is 6.48. The second-order valence-electron chi connectivity index (χ2n) is 7.73. The lowest BCUT2D eigenvalue weighted by molar-refractivity contribution is 0.385. The van der Waals surface area contributed by atoms with E-state index >= 15 is 0 Å². The average Bonchev–Trinajstić information content (AvgIpc) is 2.79. The summed E-state index contributed by atoms with van der Waals surface area (Å²) in [5, 5.41) is 36.2. The van der Waals surface area contributed by atoms with Crippen LogP contribution in [-0.4, -0.2) is 10.2 Å². The number of rotatable bonds is 5. The van der Waals surface area contributed by atoms with Crippen molar-refractivity contribution >= 4 is 0 Å². The highest BCUT2D eigenvalue weighted by Gasteiger charge is 2.14. The molecule has 0 aliphatic heterocycles. The first-order valence-corrected chi connectivity index (χ1v) is 10.5. The summed E-state index contributed by atoms with van der Waals surface area (Å²) in [6, 6.07) is 0. The van der Waals surface area contributed by atoms with Crippen LogP contribution in [0.5, 0.6) is 0 Å². The Hall–Kier alpha value is -3.28. The second kappa shape index (κ2) is 9.48. The van der Waals surface area contributed by atoms with Crippen LogP contribution < -0.4 is 0 Å². The molecule has 0 unspecified atom stereocenters. The first-order valence-electron chi connectivity index (χ1n) is 10.5. The number of aliphatic hydroxyl groups excluding tert-OH is 2. The Labute approximate surface area is 176 Å². The summed E-state index contributed by atoms with van der Waals surface area (Å²) in [5.74, 6) is 0.808. The Morgan fingerprint density at radius 2 is 0.733 bits per heavy atom. The molecule has 0 spiro atoms. The molecule has 6 heteroatoms. The molecule has 0 heterocycles. The molecule has 0 amide bonds. The van der Waals surface area contributed by atoms with Gasteiger partial charge in [0.25, 0.3) is 0 Å². The smallest absolute Gasteiger partial charge is 0.0927 e. The monoisotopic (exact) mass is 402 g/mol. The van der Waals surface area contributed by atoms with E-state index in [0.29, 0.717) is 24.4 Å². The highest BCUT2D eigenvalue weighted by atomic mass is 16.3. The van der Waals surface area contributed by atoms with Crippen molar-refractivity contribution in [1.82, 2.24) is 0 Å². The number of azo groups is 2. The molecule has 4 rings (SSSR count). The van der Waals surface area contributed by atoms with Gasteiger partial charge < -0.3 is 10.2 Å². The maximum Gasteiger partial charge on any atom is 0.0927 e. The normalized spacial score (nSPS) is 22.5. The molecule has 0 fully saturated rings. The second-order valence-corrected chi connectivity index (χ2v) is 7.73. The van der Waals surface area contributed by atoms with Crippen molar-refractivity contribution in [3.63, 3.8) is 0 Å². The van der Waals surface area contributed by atoms with Crippen molar-refractivity contribution in [2.45, 2.75) is 51.4 Å². The maximum absolute atomic E-state index is 9.40. The van der Waals surface area contributed by atoms with Crippen LogP contribution in [0.4, 0.5) is 0 Å². The zero-order chi connectivity index (χ0) is 20.8. The third-order valence-corrected chi connectivity index (χ3v) is 5.49. The van der Waals surface area contributed by atoms with Gasteiger partial charge in [0.2, 0.25) is 0 Å². The Balaban J connectivity index is 1.36. The van der Waals surface area contributed by atoms with E-state index in [1.54, 1.807) is 12.2 Å². The molecular weight excluding hydrogens is 376 g/mol. The van der Waals surface area contributed by atoms with E-state index < -0.39 is 0 Å². The van der Waals surface area contributed by atoms with Gasteiger partial charge in [0.15, 0.2) is 0 Å². The van der Waals surface area contributed by atoms with Gasteiger partial charge >= 0.3 is 0 Å². The van der Waals surface area contributed by atoms with Crippen molar-refractivity contribution in [3.05, 3.63) is 94.1 Å². The number of hydrogen-bond acceptors (Lipinski definition) is 6. The summed E-state index contributed by atoms with van der Waals surface area (Å²) in [7, 11) is 0. The molecular formula is C24H26N4O2. The summed E-state index contributed by atoms with van der Waals surface area (Å²) in [4.78, 5) is 0. The van der Waals surface area contributed by atoms with E-state index in [2.05, 4.69) is 44.8 Å². The van der Waals surface area contributed by atoms with Crippen molar-refractivity contribution in [2.24, 2.45) is 20.5 Å². The van der Waals surface area contributed by atoms with E-state index in [1.807, 2.05) is 12.2 Å². The van der Waals surface area contributed by atoms with Crippen molar-refractivity contribution in [2.75, 3.05) is 0 Å². The van der Waals surface area contributed by atoms with Gasteiger partial charge in [-0.1, -0.05) is 12.2 Å². The molecule has 0 aromatic rings. The zero-order valence-corrected chi connectivity index (χ0v) is 17.0. The largest absolute Gasteiger partial charge is 0.512 e. The van der Waals surface area contributed by atoms with Crippen LogP contribution in [0.2, 0.25) is 0 Å².